The molecule has 0 saturated heterocycles. The number of nitrogens with zero attached hydrogens (tertiary/aromatic N) is 2. The third-order valence-electron chi connectivity index (χ3n) is 3.26. The number of thiazole rings is 1. The molecule has 1 aliphatic rings. The van der Waals surface area contributed by atoms with Crippen molar-refractivity contribution < 1.29 is 0 Å². The highest BCUT2D eigenvalue weighted by Crippen LogP contribution is 2.48. The maximum Gasteiger partial charge on any atom is 0.123 e. The van der Waals surface area contributed by atoms with Crippen LogP contribution in [0.4, 0.5) is 0 Å². The number of aromatic nitrogens is 1. The minimum atomic E-state index is -0.264. The Hall–Kier alpha value is -1.66. The van der Waals surface area contributed by atoms with Crippen molar-refractivity contribution in [1.82, 2.24) is 4.98 Å². The molecule has 0 spiro atoms. The molecular formula is C14H12N2S. The standard InChI is InChI=1S/C14H12N2S/c1-10-2-4-11(5-3-10)13-16-12(8-17-13)14(9-15)6-7-14/h2-5,8H,6-7H2,1H3. The van der Waals surface area contributed by atoms with Crippen molar-refractivity contribution in [2.24, 2.45) is 0 Å². The van der Waals surface area contributed by atoms with Crippen LogP contribution in [-0.4, -0.2) is 4.98 Å². The second-order valence-electron chi connectivity index (χ2n) is 4.60. The van der Waals surface area contributed by atoms with Gasteiger partial charge in [-0.15, -0.1) is 11.3 Å². The van der Waals surface area contributed by atoms with Crippen molar-refractivity contribution in [3.8, 4) is 16.6 Å². The largest absolute Gasteiger partial charge is 0.239 e. The third-order valence-corrected chi connectivity index (χ3v) is 4.15. The summed E-state index contributed by atoms with van der Waals surface area (Å²) in [5.41, 5.74) is 3.08. The molecule has 0 atom stereocenters. The molecule has 0 radical (unpaired) electrons. The summed E-state index contributed by atoms with van der Waals surface area (Å²) in [5.74, 6) is 0. The van der Waals surface area contributed by atoms with Crippen molar-refractivity contribution in [2.45, 2.75) is 25.2 Å². The van der Waals surface area contributed by atoms with E-state index in [1.54, 1.807) is 11.3 Å². The number of hydrogen-bond acceptors (Lipinski definition) is 3. The SMILES string of the molecule is Cc1ccc(-c2nc(C3(C#N)CC3)cs2)cc1. The molecule has 1 aliphatic carbocycles. The summed E-state index contributed by atoms with van der Waals surface area (Å²) in [7, 11) is 0. The lowest BCUT2D eigenvalue weighted by Crippen LogP contribution is -2.02. The van der Waals surface area contributed by atoms with Gasteiger partial charge in [-0.2, -0.15) is 5.26 Å². The van der Waals surface area contributed by atoms with E-state index in [4.69, 9.17) is 5.26 Å². The van der Waals surface area contributed by atoms with Gasteiger partial charge in [-0.3, -0.25) is 0 Å². The Labute approximate surface area is 105 Å². The van der Waals surface area contributed by atoms with Gasteiger partial charge in [-0.25, -0.2) is 4.98 Å². The Kier molecular flexibility index (Phi) is 2.27. The van der Waals surface area contributed by atoms with Crippen LogP contribution in [0.3, 0.4) is 0 Å². The van der Waals surface area contributed by atoms with Crippen LogP contribution in [0.1, 0.15) is 24.1 Å². The summed E-state index contributed by atoms with van der Waals surface area (Å²) >= 11 is 1.63. The average Bonchev–Trinajstić information content (AvgIpc) is 3.00. The van der Waals surface area contributed by atoms with Crippen molar-refractivity contribution in [3.05, 3.63) is 40.9 Å². The number of nitriles is 1. The van der Waals surface area contributed by atoms with Crippen LogP contribution in [0.25, 0.3) is 10.6 Å². The fraction of sp³-hybridized carbons (Fsp3) is 0.286. The normalized spacial score (nSPS) is 16.5. The summed E-state index contributed by atoms with van der Waals surface area (Å²) in [6.45, 7) is 2.08. The number of aryl methyl sites for hydroxylation is 1. The van der Waals surface area contributed by atoms with Gasteiger partial charge in [-0.1, -0.05) is 29.8 Å². The van der Waals surface area contributed by atoms with Gasteiger partial charge in [0, 0.05) is 10.9 Å². The van der Waals surface area contributed by atoms with Crippen LogP contribution >= 0.6 is 11.3 Å². The summed E-state index contributed by atoms with van der Waals surface area (Å²) in [4.78, 5) is 4.61. The van der Waals surface area contributed by atoms with E-state index in [9.17, 15) is 0 Å². The van der Waals surface area contributed by atoms with Crippen molar-refractivity contribution in [3.63, 3.8) is 0 Å². The molecular weight excluding hydrogens is 228 g/mol. The first kappa shape index (κ1) is 10.5. The van der Waals surface area contributed by atoms with E-state index in [1.807, 2.05) is 5.38 Å². The van der Waals surface area contributed by atoms with E-state index in [0.717, 1.165) is 29.1 Å². The van der Waals surface area contributed by atoms with Gasteiger partial charge in [-0.05, 0) is 19.8 Å². The van der Waals surface area contributed by atoms with Crippen LogP contribution in [0.2, 0.25) is 0 Å². The van der Waals surface area contributed by atoms with Crippen LogP contribution in [-0.2, 0) is 5.41 Å². The lowest BCUT2D eigenvalue weighted by Gasteiger charge is -1.99. The Morgan fingerprint density at radius 1 is 1.29 bits per heavy atom. The summed E-state index contributed by atoms with van der Waals surface area (Å²) in [6, 6.07) is 10.7. The quantitative estimate of drug-likeness (QED) is 0.803. The van der Waals surface area contributed by atoms with Gasteiger partial charge < -0.3 is 0 Å². The molecule has 17 heavy (non-hydrogen) atoms. The molecule has 1 heterocycles. The zero-order chi connectivity index (χ0) is 11.9. The molecule has 1 fully saturated rings. The predicted octanol–water partition coefficient (Wildman–Crippen LogP) is 3.67. The molecule has 0 aliphatic heterocycles. The Balaban J connectivity index is 1.96. The molecule has 0 amide bonds. The number of hydrogen-bond donors (Lipinski definition) is 0. The van der Waals surface area contributed by atoms with E-state index < -0.39 is 0 Å². The highest BCUT2D eigenvalue weighted by molar-refractivity contribution is 7.13. The predicted molar refractivity (Wildman–Crippen MR) is 68.8 cm³/mol. The molecule has 84 valence electrons. The minimum absolute atomic E-state index is 0.264. The fourth-order valence-electron chi connectivity index (χ4n) is 1.87. The van der Waals surface area contributed by atoms with Gasteiger partial charge in [0.05, 0.1) is 11.8 Å². The Morgan fingerprint density at radius 2 is 2.00 bits per heavy atom. The maximum atomic E-state index is 9.14. The molecule has 1 saturated carbocycles. The first-order valence-electron chi connectivity index (χ1n) is 5.68. The first-order valence-corrected chi connectivity index (χ1v) is 6.56. The van der Waals surface area contributed by atoms with Gasteiger partial charge in [0.1, 0.15) is 10.4 Å². The van der Waals surface area contributed by atoms with E-state index in [-0.39, 0.29) is 5.41 Å². The smallest absolute Gasteiger partial charge is 0.123 e. The molecule has 0 unspecified atom stereocenters. The molecule has 2 nitrogen and oxygen atoms in total. The number of benzene rings is 1. The van der Waals surface area contributed by atoms with Crippen LogP contribution in [0, 0.1) is 18.3 Å². The summed E-state index contributed by atoms with van der Waals surface area (Å²) in [5, 5.41) is 12.2. The van der Waals surface area contributed by atoms with E-state index >= 15 is 0 Å². The molecule has 0 bridgehead atoms. The van der Waals surface area contributed by atoms with Crippen LogP contribution in [0.15, 0.2) is 29.6 Å². The summed E-state index contributed by atoms with van der Waals surface area (Å²) < 4.78 is 0. The van der Waals surface area contributed by atoms with Gasteiger partial charge in [0.2, 0.25) is 0 Å². The highest BCUT2D eigenvalue weighted by atomic mass is 32.1. The van der Waals surface area contributed by atoms with E-state index in [0.29, 0.717) is 0 Å². The zero-order valence-corrected chi connectivity index (χ0v) is 10.4. The Morgan fingerprint density at radius 3 is 2.59 bits per heavy atom. The fourth-order valence-corrected chi connectivity index (χ4v) is 2.80. The van der Waals surface area contributed by atoms with Crippen LogP contribution in [0.5, 0.6) is 0 Å². The van der Waals surface area contributed by atoms with E-state index in [2.05, 4.69) is 42.2 Å². The lowest BCUT2D eigenvalue weighted by atomic mass is 10.1. The summed E-state index contributed by atoms with van der Waals surface area (Å²) in [6.07, 6.45) is 1.92. The molecule has 1 aromatic carbocycles. The maximum absolute atomic E-state index is 9.14. The van der Waals surface area contributed by atoms with Crippen LogP contribution < -0.4 is 0 Å². The van der Waals surface area contributed by atoms with Gasteiger partial charge in [0.15, 0.2) is 0 Å². The topological polar surface area (TPSA) is 36.7 Å². The molecule has 1 aromatic heterocycles. The molecule has 0 N–H and O–H groups in total. The zero-order valence-electron chi connectivity index (χ0n) is 9.60. The monoisotopic (exact) mass is 240 g/mol. The second-order valence-corrected chi connectivity index (χ2v) is 5.46. The third kappa shape index (κ3) is 1.75. The van der Waals surface area contributed by atoms with Gasteiger partial charge >= 0.3 is 0 Å². The lowest BCUT2D eigenvalue weighted by molar-refractivity contribution is 0.868. The van der Waals surface area contributed by atoms with Gasteiger partial charge in [0.25, 0.3) is 0 Å². The Bertz CT molecular complexity index is 585. The van der Waals surface area contributed by atoms with Crippen molar-refractivity contribution in [1.29, 1.82) is 5.26 Å². The molecule has 2 aromatic rings. The van der Waals surface area contributed by atoms with Crippen molar-refractivity contribution >= 4 is 11.3 Å². The number of rotatable bonds is 2. The van der Waals surface area contributed by atoms with Crippen molar-refractivity contribution in [2.75, 3.05) is 0 Å². The molecule has 3 rings (SSSR count). The van der Waals surface area contributed by atoms with E-state index in [1.165, 1.54) is 5.56 Å². The highest BCUT2D eigenvalue weighted by Gasteiger charge is 2.46. The second kappa shape index (κ2) is 3.68. The molecule has 3 heteroatoms. The first-order chi connectivity index (χ1) is 8.23. The average molecular weight is 240 g/mol. The minimum Gasteiger partial charge on any atom is -0.239 e.